The number of hydrogen-bond acceptors (Lipinski definition) is 8. The molecule has 2 aromatic carbocycles. The van der Waals surface area contributed by atoms with Gasteiger partial charge in [-0.3, -0.25) is 30.4 Å². The lowest BCUT2D eigenvalue weighted by Crippen LogP contribution is -2.15. The number of benzene rings is 2. The number of non-ortho nitro benzene ring substituents is 1. The molecule has 3 aromatic rings. The Morgan fingerprint density at radius 2 is 1.77 bits per heavy atom. The maximum Gasteiger partial charge on any atom is 0.301 e. The van der Waals surface area contributed by atoms with E-state index in [-0.39, 0.29) is 23.0 Å². The molecule has 0 bridgehead atoms. The Balaban J connectivity index is 1.64. The zero-order valence-corrected chi connectivity index (χ0v) is 19.4. The van der Waals surface area contributed by atoms with Crippen LogP contribution >= 0.6 is 0 Å². The van der Waals surface area contributed by atoms with Gasteiger partial charge in [-0.25, -0.2) is 0 Å². The number of nitrogens with zero attached hydrogens (tertiary/aromatic N) is 3. The van der Waals surface area contributed by atoms with E-state index < -0.39 is 15.5 Å². The average molecular weight is 477 g/mol. The number of furan rings is 1. The summed E-state index contributed by atoms with van der Waals surface area (Å²) >= 11 is 0. The van der Waals surface area contributed by atoms with Gasteiger partial charge >= 0.3 is 5.69 Å². The van der Waals surface area contributed by atoms with Crippen molar-refractivity contribution >= 4 is 34.4 Å². The average Bonchev–Trinajstić information content (AvgIpc) is 3.17. The first kappa shape index (κ1) is 23.6. The van der Waals surface area contributed by atoms with E-state index in [1.165, 1.54) is 12.1 Å². The molecule has 0 aliphatic heterocycles. The van der Waals surface area contributed by atoms with Crippen LogP contribution in [0.25, 0.3) is 0 Å². The lowest BCUT2D eigenvalue weighted by atomic mass is 9.93. The first-order chi connectivity index (χ1) is 16.7. The fourth-order valence-corrected chi connectivity index (χ4v) is 4.07. The highest BCUT2D eigenvalue weighted by Gasteiger charge is 2.28. The van der Waals surface area contributed by atoms with Crippen LogP contribution in [0.3, 0.4) is 0 Å². The third-order valence-electron chi connectivity index (χ3n) is 6.08. The molecular weight excluding hydrogens is 454 g/mol. The molecule has 180 valence electrons. The van der Waals surface area contributed by atoms with Crippen molar-refractivity contribution in [3.63, 3.8) is 0 Å². The number of aryl methyl sites for hydroxylation is 2. The number of carbonyl (C=O) groups is 1. The fraction of sp³-hybridized carbons (Fsp3) is 0.250. The molecule has 0 saturated carbocycles. The number of amides is 1. The number of nitrogens with one attached hydrogen (secondary N) is 2. The lowest BCUT2D eigenvalue weighted by Gasteiger charge is -2.14. The van der Waals surface area contributed by atoms with Crippen molar-refractivity contribution in [3.05, 3.63) is 90.4 Å². The summed E-state index contributed by atoms with van der Waals surface area (Å²) in [5, 5.41) is 29.6. The predicted octanol–water partition coefficient (Wildman–Crippen LogP) is 5.43. The minimum atomic E-state index is -0.708. The van der Waals surface area contributed by atoms with Crippen LogP contribution in [0.4, 0.5) is 22.7 Å². The second kappa shape index (κ2) is 9.37. The molecule has 1 amide bonds. The third kappa shape index (κ3) is 4.60. The molecular formula is C24H23N5O6. The topological polar surface area (TPSA) is 153 Å². The fourth-order valence-electron chi connectivity index (χ4n) is 4.07. The molecule has 11 nitrogen and oxygen atoms in total. The van der Waals surface area contributed by atoms with Crippen molar-refractivity contribution in [1.82, 2.24) is 0 Å². The highest BCUT2D eigenvalue weighted by Crippen LogP contribution is 2.32. The summed E-state index contributed by atoms with van der Waals surface area (Å²) in [6.07, 6.45) is 1.92. The van der Waals surface area contributed by atoms with Gasteiger partial charge in [-0.2, -0.15) is 5.10 Å². The zero-order chi connectivity index (χ0) is 25.3. The number of nitro groups is 2. The van der Waals surface area contributed by atoms with Gasteiger partial charge in [-0.15, -0.1) is 0 Å². The van der Waals surface area contributed by atoms with Gasteiger partial charge in [0.25, 0.3) is 11.6 Å². The summed E-state index contributed by atoms with van der Waals surface area (Å²) in [7, 11) is 0. The SMILES string of the molecule is Cc1cccc(NC(=O)c2oc3c(c2C)/C(=N/Nc2ccc([N+](=O)[O-])cc2[N+](=O)[O-])CCC3)c1C. The van der Waals surface area contributed by atoms with Gasteiger partial charge in [-0.05, 0) is 56.9 Å². The van der Waals surface area contributed by atoms with Gasteiger partial charge in [0.1, 0.15) is 11.4 Å². The summed E-state index contributed by atoms with van der Waals surface area (Å²) in [5.41, 5.74) is 6.47. The van der Waals surface area contributed by atoms with Crippen molar-refractivity contribution < 1.29 is 19.1 Å². The second-order valence-corrected chi connectivity index (χ2v) is 8.30. The lowest BCUT2D eigenvalue weighted by molar-refractivity contribution is -0.393. The minimum absolute atomic E-state index is 0.0225. The molecule has 1 aromatic heterocycles. The number of hydrazone groups is 1. The molecule has 0 spiro atoms. The van der Waals surface area contributed by atoms with Crippen LogP contribution in [-0.2, 0) is 6.42 Å². The number of hydrogen-bond donors (Lipinski definition) is 2. The van der Waals surface area contributed by atoms with Gasteiger partial charge in [0.2, 0.25) is 0 Å². The number of anilines is 2. The Kier molecular flexibility index (Phi) is 6.32. The number of carbonyl (C=O) groups excluding carboxylic acids is 1. The summed E-state index contributed by atoms with van der Waals surface area (Å²) in [6, 6.07) is 8.95. The van der Waals surface area contributed by atoms with Crippen LogP contribution in [0.5, 0.6) is 0 Å². The largest absolute Gasteiger partial charge is 0.455 e. The van der Waals surface area contributed by atoms with Crippen LogP contribution in [0.15, 0.2) is 45.9 Å². The molecule has 35 heavy (non-hydrogen) atoms. The third-order valence-corrected chi connectivity index (χ3v) is 6.08. The Morgan fingerprint density at radius 1 is 1.00 bits per heavy atom. The Labute approximate surface area is 200 Å². The van der Waals surface area contributed by atoms with Crippen molar-refractivity contribution in [2.75, 3.05) is 10.7 Å². The molecule has 4 rings (SSSR count). The summed E-state index contributed by atoms with van der Waals surface area (Å²) in [6.45, 7) is 5.67. The van der Waals surface area contributed by atoms with Gasteiger partial charge in [0.15, 0.2) is 5.76 Å². The van der Waals surface area contributed by atoms with Gasteiger partial charge in [0.05, 0.1) is 21.6 Å². The zero-order valence-electron chi connectivity index (χ0n) is 19.4. The van der Waals surface area contributed by atoms with Gasteiger partial charge in [0, 0.05) is 29.3 Å². The Bertz CT molecular complexity index is 1390. The maximum atomic E-state index is 13.0. The highest BCUT2D eigenvalue weighted by atomic mass is 16.6. The second-order valence-electron chi connectivity index (χ2n) is 8.30. The van der Waals surface area contributed by atoms with E-state index in [9.17, 15) is 25.0 Å². The van der Waals surface area contributed by atoms with Crippen LogP contribution in [0.2, 0.25) is 0 Å². The number of fused-ring (bicyclic) bond motifs is 1. The molecule has 0 fully saturated rings. The molecule has 1 aliphatic carbocycles. The summed E-state index contributed by atoms with van der Waals surface area (Å²) in [5.74, 6) is 0.439. The highest BCUT2D eigenvalue weighted by molar-refractivity contribution is 6.09. The quantitative estimate of drug-likeness (QED) is 0.355. The molecule has 1 aliphatic rings. The van der Waals surface area contributed by atoms with Crippen molar-refractivity contribution in [1.29, 1.82) is 0 Å². The van der Waals surface area contributed by atoms with E-state index in [0.29, 0.717) is 41.1 Å². The van der Waals surface area contributed by atoms with E-state index in [4.69, 9.17) is 4.42 Å². The van der Waals surface area contributed by atoms with Gasteiger partial charge in [-0.1, -0.05) is 12.1 Å². The van der Waals surface area contributed by atoms with Crippen molar-refractivity contribution in [2.45, 2.75) is 40.0 Å². The summed E-state index contributed by atoms with van der Waals surface area (Å²) < 4.78 is 5.92. The molecule has 1 heterocycles. The van der Waals surface area contributed by atoms with Crippen LogP contribution in [0, 0.1) is 41.0 Å². The number of rotatable bonds is 6. The molecule has 0 radical (unpaired) electrons. The monoisotopic (exact) mass is 477 g/mol. The molecule has 0 saturated heterocycles. The molecule has 11 heteroatoms. The standard InChI is InChI=1S/C24H23N5O6/c1-13-6-4-7-17(14(13)2)25-24(30)23-15(3)22-19(8-5-9-21(22)35-23)27-26-18-11-10-16(28(31)32)12-20(18)29(33)34/h4,6-7,10-12,26H,5,8-9H2,1-3H3,(H,25,30)/b27-19+. The van der Waals surface area contributed by atoms with E-state index in [1.54, 1.807) is 6.92 Å². The van der Waals surface area contributed by atoms with E-state index >= 15 is 0 Å². The molecule has 0 unspecified atom stereocenters. The van der Waals surface area contributed by atoms with Crippen molar-refractivity contribution in [3.8, 4) is 0 Å². The van der Waals surface area contributed by atoms with Gasteiger partial charge < -0.3 is 9.73 Å². The Morgan fingerprint density at radius 3 is 2.49 bits per heavy atom. The Hall–Kier alpha value is -4.54. The minimum Gasteiger partial charge on any atom is -0.455 e. The van der Waals surface area contributed by atoms with E-state index in [0.717, 1.165) is 23.6 Å². The van der Waals surface area contributed by atoms with Crippen molar-refractivity contribution in [2.24, 2.45) is 5.10 Å². The van der Waals surface area contributed by atoms with E-state index in [2.05, 4.69) is 15.8 Å². The predicted molar refractivity (Wildman–Crippen MR) is 130 cm³/mol. The normalized spacial score (nSPS) is 13.9. The first-order valence-corrected chi connectivity index (χ1v) is 10.9. The molecule has 0 atom stereocenters. The van der Waals surface area contributed by atoms with Crippen LogP contribution in [0.1, 0.15) is 51.4 Å². The first-order valence-electron chi connectivity index (χ1n) is 10.9. The van der Waals surface area contributed by atoms with E-state index in [1.807, 2.05) is 32.0 Å². The number of nitro benzene ring substituents is 2. The van der Waals surface area contributed by atoms with Crippen LogP contribution in [-0.4, -0.2) is 21.5 Å². The molecule has 2 N–H and O–H groups in total. The maximum absolute atomic E-state index is 13.0. The smallest absolute Gasteiger partial charge is 0.301 e. The van der Waals surface area contributed by atoms with Crippen LogP contribution < -0.4 is 10.7 Å². The summed E-state index contributed by atoms with van der Waals surface area (Å²) in [4.78, 5) is 34.0.